The number of benzene rings is 1. The predicted octanol–water partition coefficient (Wildman–Crippen LogP) is 2.73. The zero-order chi connectivity index (χ0) is 9.97. The van der Waals surface area contributed by atoms with E-state index in [1.54, 1.807) is 12.1 Å². The first-order chi connectivity index (χ1) is 6.75. The summed E-state index contributed by atoms with van der Waals surface area (Å²) in [6.45, 7) is 0. The molecule has 0 saturated heterocycles. The summed E-state index contributed by atoms with van der Waals surface area (Å²) in [7, 11) is 0. The highest BCUT2D eigenvalue weighted by atomic mass is 16.4. The topological polar surface area (TPSA) is 37.3 Å². The van der Waals surface area contributed by atoms with Gasteiger partial charge >= 0.3 is 5.97 Å². The van der Waals surface area contributed by atoms with Gasteiger partial charge in [-0.25, -0.2) is 4.79 Å². The molecule has 14 heavy (non-hydrogen) atoms. The Balaban J connectivity index is 2.01. The predicted molar refractivity (Wildman–Crippen MR) is 54.4 cm³/mol. The Bertz CT molecular complexity index is 323. The average molecular weight is 190 g/mol. The molecule has 0 spiro atoms. The zero-order valence-electron chi connectivity index (χ0n) is 8.07. The summed E-state index contributed by atoms with van der Waals surface area (Å²) in [5.74, 6) is -0.00845. The van der Waals surface area contributed by atoms with Crippen LogP contribution in [-0.2, 0) is 6.42 Å². The lowest BCUT2D eigenvalue weighted by molar-refractivity contribution is 0.0697. The summed E-state index contributed by atoms with van der Waals surface area (Å²) in [5.41, 5.74) is 1.64. The first-order valence-corrected chi connectivity index (χ1v) is 5.08. The highest BCUT2D eigenvalue weighted by Gasteiger charge is 2.17. The van der Waals surface area contributed by atoms with Crippen LogP contribution in [0.15, 0.2) is 24.3 Å². The number of carboxylic acids is 1. The lowest BCUT2D eigenvalue weighted by Gasteiger charge is -2.25. The first kappa shape index (κ1) is 9.25. The minimum absolute atomic E-state index is 0.377. The molecule has 1 saturated carbocycles. The molecule has 0 bridgehead atoms. The Kier molecular flexibility index (Phi) is 2.53. The Morgan fingerprint density at radius 3 is 2.36 bits per heavy atom. The minimum atomic E-state index is -0.847. The van der Waals surface area contributed by atoms with Crippen LogP contribution in [-0.4, -0.2) is 11.1 Å². The van der Waals surface area contributed by atoms with Gasteiger partial charge in [-0.3, -0.25) is 0 Å². The maximum absolute atomic E-state index is 10.6. The number of rotatable bonds is 3. The van der Waals surface area contributed by atoms with Crippen molar-refractivity contribution in [2.24, 2.45) is 5.92 Å². The van der Waals surface area contributed by atoms with Crippen LogP contribution in [0, 0.1) is 5.92 Å². The van der Waals surface area contributed by atoms with Gasteiger partial charge < -0.3 is 5.11 Å². The van der Waals surface area contributed by atoms with Crippen molar-refractivity contribution in [3.05, 3.63) is 35.4 Å². The van der Waals surface area contributed by atoms with E-state index in [-0.39, 0.29) is 0 Å². The van der Waals surface area contributed by atoms with Gasteiger partial charge in [-0.1, -0.05) is 31.4 Å². The van der Waals surface area contributed by atoms with Crippen LogP contribution in [0.2, 0.25) is 0 Å². The normalized spacial score (nSPS) is 16.3. The molecule has 74 valence electrons. The van der Waals surface area contributed by atoms with Crippen LogP contribution in [0.4, 0.5) is 0 Å². The lowest BCUT2D eigenvalue weighted by Crippen LogP contribution is -2.13. The fourth-order valence-corrected chi connectivity index (χ4v) is 1.81. The highest BCUT2D eigenvalue weighted by Crippen LogP contribution is 2.29. The fourth-order valence-electron chi connectivity index (χ4n) is 1.81. The summed E-state index contributed by atoms with van der Waals surface area (Å²) in [5, 5.41) is 8.71. The molecule has 1 aromatic rings. The van der Waals surface area contributed by atoms with E-state index in [0.717, 1.165) is 12.3 Å². The highest BCUT2D eigenvalue weighted by molar-refractivity contribution is 5.87. The third kappa shape index (κ3) is 1.95. The van der Waals surface area contributed by atoms with Gasteiger partial charge in [0.25, 0.3) is 0 Å². The summed E-state index contributed by atoms with van der Waals surface area (Å²) >= 11 is 0. The molecule has 1 aliphatic carbocycles. The number of hydrogen-bond donors (Lipinski definition) is 1. The van der Waals surface area contributed by atoms with E-state index in [9.17, 15) is 4.79 Å². The fraction of sp³-hybridized carbons (Fsp3) is 0.417. The molecule has 0 atom stereocenters. The Hall–Kier alpha value is -1.31. The van der Waals surface area contributed by atoms with Crippen LogP contribution in [0.3, 0.4) is 0 Å². The summed E-state index contributed by atoms with van der Waals surface area (Å²) < 4.78 is 0. The molecule has 1 N–H and O–H groups in total. The zero-order valence-corrected chi connectivity index (χ0v) is 8.07. The van der Waals surface area contributed by atoms with E-state index < -0.39 is 5.97 Å². The Labute approximate surface area is 83.6 Å². The molecule has 0 aromatic heterocycles. The van der Waals surface area contributed by atoms with Crippen LogP contribution < -0.4 is 0 Å². The summed E-state index contributed by atoms with van der Waals surface area (Å²) in [4.78, 5) is 10.6. The molecule has 0 aliphatic heterocycles. The Morgan fingerprint density at radius 1 is 1.29 bits per heavy atom. The largest absolute Gasteiger partial charge is 0.478 e. The Morgan fingerprint density at radius 2 is 1.93 bits per heavy atom. The van der Waals surface area contributed by atoms with Gasteiger partial charge in [-0.2, -0.15) is 0 Å². The molecule has 2 rings (SSSR count). The quantitative estimate of drug-likeness (QED) is 0.795. The monoisotopic (exact) mass is 190 g/mol. The minimum Gasteiger partial charge on any atom is -0.478 e. The van der Waals surface area contributed by atoms with E-state index in [2.05, 4.69) is 0 Å². The standard InChI is InChI=1S/C12H14O2/c13-12(14)11-6-4-10(5-7-11)8-9-2-1-3-9/h4-7,9H,1-3,8H2,(H,13,14). The van der Waals surface area contributed by atoms with Crippen molar-refractivity contribution in [3.63, 3.8) is 0 Å². The van der Waals surface area contributed by atoms with E-state index in [4.69, 9.17) is 5.11 Å². The molecular formula is C12H14O2. The SMILES string of the molecule is O=C(O)c1ccc(CC2CCC2)cc1. The molecule has 2 heteroatoms. The van der Waals surface area contributed by atoms with Crippen molar-refractivity contribution in [3.8, 4) is 0 Å². The van der Waals surface area contributed by atoms with Gasteiger partial charge in [0.2, 0.25) is 0 Å². The molecule has 1 aliphatic rings. The third-order valence-corrected chi connectivity index (χ3v) is 2.95. The number of carboxylic acid groups (broad SMARTS) is 1. The molecular weight excluding hydrogens is 176 g/mol. The summed E-state index contributed by atoms with van der Waals surface area (Å²) in [6.07, 6.45) is 5.14. The van der Waals surface area contributed by atoms with Crippen molar-refractivity contribution < 1.29 is 9.90 Å². The molecule has 2 nitrogen and oxygen atoms in total. The van der Waals surface area contributed by atoms with Crippen molar-refractivity contribution in [1.29, 1.82) is 0 Å². The number of aromatic carboxylic acids is 1. The first-order valence-electron chi connectivity index (χ1n) is 5.08. The maximum atomic E-state index is 10.6. The molecule has 0 radical (unpaired) electrons. The number of hydrogen-bond acceptors (Lipinski definition) is 1. The molecule has 0 unspecified atom stereocenters. The van der Waals surface area contributed by atoms with Gasteiger partial charge in [-0.05, 0) is 30.0 Å². The van der Waals surface area contributed by atoms with E-state index in [0.29, 0.717) is 5.56 Å². The maximum Gasteiger partial charge on any atom is 0.335 e. The summed E-state index contributed by atoms with van der Waals surface area (Å²) in [6, 6.07) is 7.25. The van der Waals surface area contributed by atoms with Crippen LogP contribution >= 0.6 is 0 Å². The molecule has 0 amide bonds. The van der Waals surface area contributed by atoms with Crippen LogP contribution in [0.25, 0.3) is 0 Å². The lowest BCUT2D eigenvalue weighted by atomic mass is 9.81. The smallest absolute Gasteiger partial charge is 0.335 e. The van der Waals surface area contributed by atoms with Gasteiger partial charge in [0, 0.05) is 0 Å². The van der Waals surface area contributed by atoms with Crippen LogP contribution in [0.5, 0.6) is 0 Å². The molecule has 1 fully saturated rings. The van der Waals surface area contributed by atoms with Gasteiger partial charge in [-0.15, -0.1) is 0 Å². The van der Waals surface area contributed by atoms with Gasteiger partial charge in [0.15, 0.2) is 0 Å². The van der Waals surface area contributed by atoms with E-state index >= 15 is 0 Å². The van der Waals surface area contributed by atoms with Crippen molar-refractivity contribution in [2.45, 2.75) is 25.7 Å². The van der Waals surface area contributed by atoms with Gasteiger partial charge in [0.05, 0.1) is 5.56 Å². The second-order valence-corrected chi connectivity index (χ2v) is 4.00. The van der Waals surface area contributed by atoms with Crippen molar-refractivity contribution in [2.75, 3.05) is 0 Å². The third-order valence-electron chi connectivity index (χ3n) is 2.95. The van der Waals surface area contributed by atoms with Gasteiger partial charge in [0.1, 0.15) is 0 Å². The second-order valence-electron chi connectivity index (χ2n) is 4.00. The number of carbonyl (C=O) groups is 1. The average Bonchev–Trinajstić information content (AvgIpc) is 2.12. The molecule has 0 heterocycles. The van der Waals surface area contributed by atoms with Crippen LogP contribution in [0.1, 0.15) is 35.2 Å². The van der Waals surface area contributed by atoms with Crippen molar-refractivity contribution >= 4 is 5.97 Å². The van der Waals surface area contributed by atoms with Crippen molar-refractivity contribution in [1.82, 2.24) is 0 Å². The van der Waals surface area contributed by atoms with E-state index in [1.807, 2.05) is 12.1 Å². The van der Waals surface area contributed by atoms with E-state index in [1.165, 1.54) is 24.8 Å². The second kappa shape index (κ2) is 3.82. The molecule has 1 aromatic carbocycles.